The Kier molecular flexibility index (Phi) is 6.51. The van der Waals surface area contributed by atoms with Gasteiger partial charge in [-0.05, 0) is 37.0 Å². The zero-order valence-corrected chi connectivity index (χ0v) is 19.5. The monoisotopic (exact) mass is 469 g/mol. The first kappa shape index (κ1) is 22.8. The van der Waals surface area contributed by atoms with Gasteiger partial charge in [0.15, 0.2) is 0 Å². The molecule has 0 saturated carbocycles. The molecular weight excluding hydrogens is 438 g/mol. The van der Waals surface area contributed by atoms with Gasteiger partial charge in [-0.25, -0.2) is 4.68 Å². The highest BCUT2D eigenvalue weighted by Crippen LogP contribution is 2.33. The van der Waals surface area contributed by atoms with Gasteiger partial charge in [0.2, 0.25) is 11.8 Å². The molecule has 1 aromatic carbocycles. The zero-order valence-electron chi connectivity index (χ0n) is 19.5. The number of nitrogens with zero attached hydrogens (tertiary/aromatic N) is 4. The van der Waals surface area contributed by atoms with Crippen LogP contribution in [0.3, 0.4) is 0 Å². The molecule has 2 fully saturated rings. The van der Waals surface area contributed by atoms with Gasteiger partial charge in [0.05, 0.1) is 45.5 Å². The van der Waals surface area contributed by atoms with E-state index in [-0.39, 0.29) is 17.7 Å². The Balaban J connectivity index is 1.17. The summed E-state index contributed by atoms with van der Waals surface area (Å²) >= 11 is 0. The molecule has 0 aliphatic carbocycles. The van der Waals surface area contributed by atoms with E-state index < -0.39 is 5.60 Å². The summed E-state index contributed by atoms with van der Waals surface area (Å²) in [7, 11) is 1.62. The average molecular weight is 470 g/mol. The molecule has 1 unspecified atom stereocenters. The van der Waals surface area contributed by atoms with Gasteiger partial charge in [-0.1, -0.05) is 17.3 Å². The van der Waals surface area contributed by atoms with E-state index >= 15 is 0 Å². The number of fused-ring (bicyclic) bond motifs is 1. The minimum atomic E-state index is -0.451. The van der Waals surface area contributed by atoms with Crippen LogP contribution >= 0.6 is 0 Å². The van der Waals surface area contributed by atoms with E-state index in [1.54, 1.807) is 7.11 Å². The van der Waals surface area contributed by atoms with E-state index in [9.17, 15) is 9.59 Å². The van der Waals surface area contributed by atoms with Crippen LogP contribution in [0.25, 0.3) is 0 Å². The molecule has 4 heterocycles. The molecule has 1 spiro atoms. The molecule has 3 aliphatic heterocycles. The summed E-state index contributed by atoms with van der Waals surface area (Å²) in [5, 5.41) is 11.6. The molecule has 1 aromatic heterocycles. The van der Waals surface area contributed by atoms with Crippen LogP contribution in [-0.4, -0.2) is 70.7 Å². The Bertz CT molecular complexity index is 1050. The highest BCUT2D eigenvalue weighted by Gasteiger charge is 2.44. The number of aromatic nitrogens is 3. The molecule has 10 heteroatoms. The largest absolute Gasteiger partial charge is 0.497 e. The van der Waals surface area contributed by atoms with Crippen molar-refractivity contribution in [3.8, 4) is 5.75 Å². The fourth-order valence-corrected chi connectivity index (χ4v) is 4.98. The third-order valence-corrected chi connectivity index (χ3v) is 7.05. The van der Waals surface area contributed by atoms with E-state index in [0.717, 1.165) is 42.0 Å². The van der Waals surface area contributed by atoms with Gasteiger partial charge in [-0.3, -0.25) is 9.59 Å². The SMILES string of the molecule is COc1cccc(CC(=O)N2CCC3(C2)Cn2nnc(CNC(=O)C4CCOCC4)c2CO3)c1. The number of nitrogens with one attached hydrogen (secondary N) is 1. The molecular formula is C24H31N5O5. The minimum absolute atomic E-state index is 0.00125. The Morgan fingerprint density at radius 1 is 1.26 bits per heavy atom. The Labute approximate surface area is 198 Å². The summed E-state index contributed by atoms with van der Waals surface area (Å²) in [6.07, 6.45) is 2.60. The first-order chi connectivity index (χ1) is 16.5. The first-order valence-corrected chi connectivity index (χ1v) is 11.9. The lowest BCUT2D eigenvalue weighted by Gasteiger charge is -2.34. The number of benzene rings is 1. The molecule has 5 rings (SSSR count). The van der Waals surface area contributed by atoms with Gasteiger partial charge < -0.3 is 24.4 Å². The van der Waals surface area contributed by atoms with E-state index in [1.807, 2.05) is 33.8 Å². The van der Waals surface area contributed by atoms with E-state index in [2.05, 4.69) is 15.6 Å². The van der Waals surface area contributed by atoms with Gasteiger partial charge in [0, 0.05) is 25.7 Å². The van der Waals surface area contributed by atoms with Gasteiger partial charge in [-0.2, -0.15) is 0 Å². The minimum Gasteiger partial charge on any atom is -0.497 e. The zero-order chi connectivity index (χ0) is 23.5. The van der Waals surface area contributed by atoms with Crippen LogP contribution in [-0.2, 0) is 45.2 Å². The van der Waals surface area contributed by atoms with Crippen LogP contribution in [0.1, 0.15) is 36.2 Å². The number of carbonyl (C=O) groups is 2. The van der Waals surface area contributed by atoms with Gasteiger partial charge in [0.25, 0.3) is 0 Å². The van der Waals surface area contributed by atoms with Crippen molar-refractivity contribution in [2.24, 2.45) is 5.92 Å². The number of carbonyl (C=O) groups excluding carboxylic acids is 2. The lowest BCUT2D eigenvalue weighted by molar-refractivity contribution is -0.132. The number of rotatable bonds is 6. The van der Waals surface area contributed by atoms with Crippen molar-refractivity contribution in [1.29, 1.82) is 0 Å². The predicted octanol–water partition coefficient (Wildman–Crippen LogP) is 1.07. The van der Waals surface area contributed by atoms with Crippen molar-refractivity contribution in [2.75, 3.05) is 33.4 Å². The molecule has 2 amide bonds. The van der Waals surface area contributed by atoms with Crippen molar-refractivity contribution >= 4 is 11.8 Å². The van der Waals surface area contributed by atoms with Crippen molar-refractivity contribution in [3.05, 3.63) is 41.2 Å². The molecule has 1 N–H and O–H groups in total. The normalized spacial score (nSPS) is 22.6. The molecule has 182 valence electrons. The Morgan fingerprint density at radius 3 is 2.94 bits per heavy atom. The predicted molar refractivity (Wildman–Crippen MR) is 121 cm³/mol. The number of hydrogen-bond acceptors (Lipinski definition) is 7. The fourth-order valence-electron chi connectivity index (χ4n) is 4.98. The summed E-state index contributed by atoms with van der Waals surface area (Å²) in [6, 6.07) is 7.60. The van der Waals surface area contributed by atoms with Gasteiger partial charge in [-0.15, -0.1) is 5.10 Å². The van der Waals surface area contributed by atoms with E-state index in [1.165, 1.54) is 0 Å². The molecule has 2 aromatic rings. The Hall–Kier alpha value is -2.98. The second-order valence-corrected chi connectivity index (χ2v) is 9.31. The van der Waals surface area contributed by atoms with Gasteiger partial charge >= 0.3 is 0 Å². The molecule has 0 bridgehead atoms. The molecule has 10 nitrogen and oxygen atoms in total. The highest BCUT2D eigenvalue weighted by molar-refractivity contribution is 5.79. The average Bonchev–Trinajstić information content (AvgIpc) is 3.47. The summed E-state index contributed by atoms with van der Waals surface area (Å²) in [4.78, 5) is 27.2. The summed E-state index contributed by atoms with van der Waals surface area (Å²) in [5.41, 5.74) is 2.10. The van der Waals surface area contributed by atoms with E-state index in [0.29, 0.717) is 52.4 Å². The summed E-state index contributed by atoms with van der Waals surface area (Å²) < 4.78 is 18.8. The lowest BCUT2D eigenvalue weighted by Crippen LogP contribution is -2.45. The summed E-state index contributed by atoms with van der Waals surface area (Å²) in [5.74, 6) is 0.866. The number of ether oxygens (including phenoxy) is 3. The second-order valence-electron chi connectivity index (χ2n) is 9.31. The standard InChI is InChI=1S/C24H31N5O5/c1-32-19-4-2-3-17(11-19)12-22(30)28-8-7-24(15-28)16-29-21(14-34-24)20(26-27-29)13-25-23(31)18-5-9-33-10-6-18/h2-4,11,18H,5-10,12-16H2,1H3,(H,25,31). The molecule has 2 saturated heterocycles. The Morgan fingerprint density at radius 2 is 2.12 bits per heavy atom. The highest BCUT2D eigenvalue weighted by atomic mass is 16.5. The fraction of sp³-hybridized carbons (Fsp3) is 0.583. The smallest absolute Gasteiger partial charge is 0.227 e. The van der Waals surface area contributed by atoms with Crippen molar-refractivity contribution in [2.45, 2.75) is 51.0 Å². The van der Waals surface area contributed by atoms with Crippen LogP contribution in [0, 0.1) is 5.92 Å². The topological polar surface area (TPSA) is 108 Å². The van der Waals surface area contributed by atoms with Crippen LogP contribution in [0.2, 0.25) is 0 Å². The number of methoxy groups -OCH3 is 1. The van der Waals surface area contributed by atoms with Crippen LogP contribution in [0.5, 0.6) is 5.75 Å². The van der Waals surface area contributed by atoms with Crippen molar-refractivity contribution < 1.29 is 23.8 Å². The number of hydrogen-bond donors (Lipinski definition) is 1. The van der Waals surface area contributed by atoms with Crippen LogP contribution < -0.4 is 10.1 Å². The first-order valence-electron chi connectivity index (χ1n) is 11.9. The van der Waals surface area contributed by atoms with E-state index in [4.69, 9.17) is 14.2 Å². The van der Waals surface area contributed by atoms with Gasteiger partial charge in [0.1, 0.15) is 17.0 Å². The number of amides is 2. The summed E-state index contributed by atoms with van der Waals surface area (Å²) in [6.45, 7) is 3.71. The maximum Gasteiger partial charge on any atom is 0.227 e. The second kappa shape index (κ2) is 9.71. The quantitative estimate of drug-likeness (QED) is 0.674. The third-order valence-electron chi connectivity index (χ3n) is 7.05. The third kappa shape index (κ3) is 4.78. The van der Waals surface area contributed by atoms with Crippen molar-refractivity contribution in [1.82, 2.24) is 25.2 Å². The maximum absolute atomic E-state index is 12.9. The lowest BCUT2D eigenvalue weighted by atomic mass is 9.99. The van der Waals surface area contributed by atoms with Crippen LogP contribution in [0.4, 0.5) is 0 Å². The molecule has 1 atom stereocenters. The van der Waals surface area contributed by atoms with Crippen LogP contribution in [0.15, 0.2) is 24.3 Å². The number of likely N-dealkylation sites (tertiary alicyclic amines) is 1. The molecule has 34 heavy (non-hydrogen) atoms. The molecule has 0 radical (unpaired) electrons. The van der Waals surface area contributed by atoms with Crippen molar-refractivity contribution in [3.63, 3.8) is 0 Å². The maximum atomic E-state index is 12.9. The molecule has 3 aliphatic rings.